The molecule has 0 bridgehead atoms. The molecule has 2 heterocycles. The van der Waals surface area contributed by atoms with Crippen LogP contribution < -0.4 is 31.9 Å². The Balaban J connectivity index is 1.43. The van der Waals surface area contributed by atoms with Crippen molar-refractivity contribution in [1.29, 1.82) is 0 Å². The number of carbonyl (C=O) groups excluding carboxylic acids is 6. The fourth-order valence-electron chi connectivity index (χ4n) is 6.67. The van der Waals surface area contributed by atoms with Gasteiger partial charge in [-0.3, -0.25) is 28.8 Å². The molecule has 0 spiro atoms. The van der Waals surface area contributed by atoms with E-state index >= 15 is 0 Å². The fraction of sp³-hybridized carbons (Fsp3) is 0.476. The lowest BCUT2D eigenvalue weighted by Crippen LogP contribution is -2.54. The van der Waals surface area contributed by atoms with E-state index in [2.05, 4.69) is 55.6 Å². The van der Waals surface area contributed by atoms with Gasteiger partial charge in [-0.15, -0.1) is 0 Å². The first-order chi connectivity index (χ1) is 27.9. The molecule has 4 rings (SSSR count). The highest BCUT2D eigenvalue weighted by molar-refractivity contribution is 5.97. The van der Waals surface area contributed by atoms with Crippen molar-refractivity contribution >= 4 is 35.4 Å². The molecule has 2 aromatic rings. The number of carbonyl (C=O) groups is 6. The minimum Gasteiger partial charge on any atom is -0.507 e. The van der Waals surface area contributed by atoms with Gasteiger partial charge in [-0.25, -0.2) is 0 Å². The zero-order valence-electron chi connectivity index (χ0n) is 33.4. The van der Waals surface area contributed by atoms with Crippen LogP contribution in [0.3, 0.4) is 0 Å². The van der Waals surface area contributed by atoms with E-state index in [1.165, 1.54) is 24.3 Å². The molecule has 6 amide bonds. The van der Waals surface area contributed by atoms with Crippen molar-refractivity contribution in [3.05, 3.63) is 59.7 Å². The predicted octanol–water partition coefficient (Wildman–Crippen LogP) is 0.212. The second-order valence-electron chi connectivity index (χ2n) is 14.3. The number of amides is 6. The molecular formula is C42H54N8O8. The van der Waals surface area contributed by atoms with E-state index in [1.54, 1.807) is 62.0 Å². The van der Waals surface area contributed by atoms with Gasteiger partial charge in [-0.2, -0.15) is 0 Å². The normalized spacial score (nSPS) is 17.9. The molecule has 58 heavy (non-hydrogen) atoms. The highest BCUT2D eigenvalue weighted by atomic mass is 16.3. The highest BCUT2D eigenvalue weighted by Crippen LogP contribution is 2.22. The van der Waals surface area contributed by atoms with Crippen LogP contribution in [0.2, 0.25) is 0 Å². The summed E-state index contributed by atoms with van der Waals surface area (Å²) in [5.74, 6) is 8.42. The van der Waals surface area contributed by atoms with Crippen molar-refractivity contribution in [2.75, 3.05) is 40.3 Å². The van der Waals surface area contributed by atoms with Gasteiger partial charge in [0.1, 0.15) is 23.6 Å². The summed E-state index contributed by atoms with van der Waals surface area (Å²) in [4.78, 5) is 82.3. The quantitative estimate of drug-likeness (QED) is 0.108. The summed E-state index contributed by atoms with van der Waals surface area (Å²) in [5.41, 5.74) is 0.248. The lowest BCUT2D eigenvalue weighted by molar-refractivity contribution is -0.137. The van der Waals surface area contributed by atoms with Gasteiger partial charge in [0.2, 0.25) is 23.6 Å². The van der Waals surface area contributed by atoms with E-state index in [4.69, 9.17) is 0 Å². The Bertz CT molecular complexity index is 1800. The maximum atomic E-state index is 13.9. The number of likely N-dealkylation sites (tertiary alicyclic amines) is 2. The number of hydrogen-bond donors (Lipinski definition) is 8. The van der Waals surface area contributed by atoms with Crippen molar-refractivity contribution in [2.24, 2.45) is 0 Å². The fourth-order valence-corrected chi connectivity index (χ4v) is 6.67. The maximum absolute atomic E-state index is 13.9. The molecule has 2 fully saturated rings. The van der Waals surface area contributed by atoms with Crippen LogP contribution in [0.15, 0.2) is 48.5 Å². The molecule has 0 aromatic heterocycles. The zero-order chi connectivity index (χ0) is 42.2. The van der Waals surface area contributed by atoms with Crippen molar-refractivity contribution in [2.45, 2.75) is 88.6 Å². The van der Waals surface area contributed by atoms with Crippen LogP contribution in [0.25, 0.3) is 0 Å². The van der Waals surface area contributed by atoms with E-state index in [0.29, 0.717) is 38.8 Å². The second kappa shape index (κ2) is 22.0. The molecule has 16 heteroatoms. The third kappa shape index (κ3) is 12.2. The SMILES string of the molecule is CN[C@@H](C)C(=O)N[C@@H](CC#CC#CC[C@H](NC(=O)[C@H](C)NC)C(=O)N1CCC[C@H]1CNC(=O)c1ccccc1O)C(=O)N1CCC[C@H]1CNC(=O)c1ccccc1O. The standard InChI is InChI=1S/C42H54N8O8/c1-27(43-3)37(53)47-33(41(57)49-23-13-15-29(49)25-45-39(55)31-17-9-11-21-35(31)51)19-7-5-6-8-20-34(48-38(54)28(2)44-4)42(58)50-24-14-16-30(50)26-46-40(56)32-18-10-12-22-36(32)52/h9-12,17-18,21-22,27-30,33-34,43-44,51-52H,13-16,19-20,23-26H2,1-4H3,(H,45,55)(H,46,56)(H,47,53)(H,48,54)/t27-,28-,29-,30-,33-,34-/m0/s1. The smallest absolute Gasteiger partial charge is 0.255 e. The molecule has 0 saturated carbocycles. The minimum absolute atomic E-state index is 0.0656. The number of nitrogens with one attached hydrogen (secondary N) is 6. The Labute approximate surface area is 339 Å². The van der Waals surface area contributed by atoms with E-state index in [-0.39, 0.29) is 72.5 Å². The first kappa shape index (κ1) is 44.6. The van der Waals surface area contributed by atoms with Gasteiger partial charge in [-0.1, -0.05) is 36.1 Å². The number of aromatic hydroxyl groups is 2. The first-order valence-electron chi connectivity index (χ1n) is 19.5. The molecule has 2 aliphatic heterocycles. The first-order valence-corrected chi connectivity index (χ1v) is 19.5. The van der Waals surface area contributed by atoms with Gasteiger partial charge < -0.3 is 51.9 Å². The third-order valence-corrected chi connectivity index (χ3v) is 10.3. The van der Waals surface area contributed by atoms with Crippen LogP contribution in [0, 0.1) is 23.7 Å². The minimum atomic E-state index is -1.01. The zero-order valence-corrected chi connectivity index (χ0v) is 33.4. The molecule has 310 valence electrons. The van der Waals surface area contributed by atoms with Gasteiger partial charge in [0.05, 0.1) is 23.2 Å². The van der Waals surface area contributed by atoms with Crippen molar-refractivity contribution in [1.82, 2.24) is 41.7 Å². The number of para-hydroxylation sites is 2. The third-order valence-electron chi connectivity index (χ3n) is 10.3. The van der Waals surface area contributed by atoms with Crippen molar-refractivity contribution < 1.29 is 39.0 Å². The second-order valence-corrected chi connectivity index (χ2v) is 14.3. The Morgan fingerprint density at radius 2 is 1.03 bits per heavy atom. The van der Waals surface area contributed by atoms with E-state index in [1.807, 2.05) is 0 Å². The molecule has 8 N–H and O–H groups in total. The van der Waals surface area contributed by atoms with Crippen molar-refractivity contribution in [3.63, 3.8) is 0 Å². The van der Waals surface area contributed by atoms with E-state index in [0.717, 1.165) is 0 Å². The molecule has 2 aromatic carbocycles. The Morgan fingerprint density at radius 1 is 0.655 bits per heavy atom. The van der Waals surface area contributed by atoms with Crippen LogP contribution in [-0.2, 0) is 19.2 Å². The molecule has 2 saturated heterocycles. The summed E-state index contributed by atoms with van der Waals surface area (Å²) >= 11 is 0. The van der Waals surface area contributed by atoms with E-state index in [9.17, 15) is 39.0 Å². The van der Waals surface area contributed by atoms with Crippen LogP contribution in [0.5, 0.6) is 11.5 Å². The predicted molar refractivity (Wildman–Crippen MR) is 216 cm³/mol. The summed E-state index contributed by atoms with van der Waals surface area (Å²) in [6.45, 7) is 4.46. The summed E-state index contributed by atoms with van der Waals surface area (Å²) in [6, 6.07) is 8.48. The number of benzene rings is 2. The number of likely N-dealkylation sites (N-methyl/N-ethyl adjacent to an activating group) is 2. The Hall–Kier alpha value is -6.10. The van der Waals surface area contributed by atoms with Crippen LogP contribution in [0.4, 0.5) is 0 Å². The number of phenolic OH excluding ortho intramolecular Hbond substituents is 2. The highest BCUT2D eigenvalue weighted by Gasteiger charge is 2.36. The lowest BCUT2D eigenvalue weighted by Gasteiger charge is -2.29. The summed E-state index contributed by atoms with van der Waals surface area (Å²) in [6.07, 6.45) is 2.52. The Kier molecular flexibility index (Phi) is 16.9. The van der Waals surface area contributed by atoms with Gasteiger partial charge >= 0.3 is 0 Å². The molecule has 0 aliphatic carbocycles. The number of phenols is 2. The summed E-state index contributed by atoms with van der Waals surface area (Å²) in [5, 5.41) is 37.0. The molecule has 16 nitrogen and oxygen atoms in total. The van der Waals surface area contributed by atoms with Gasteiger partial charge in [0.15, 0.2) is 0 Å². The Morgan fingerprint density at radius 3 is 1.40 bits per heavy atom. The number of nitrogens with zero attached hydrogens (tertiary/aromatic N) is 2. The van der Waals surface area contributed by atoms with E-state index < -0.39 is 47.8 Å². The molecule has 6 atom stereocenters. The van der Waals surface area contributed by atoms with Gasteiger partial charge in [-0.05, 0) is 89.7 Å². The average molecular weight is 799 g/mol. The maximum Gasteiger partial charge on any atom is 0.255 e. The molecule has 0 radical (unpaired) electrons. The molecule has 2 aliphatic rings. The summed E-state index contributed by atoms with van der Waals surface area (Å²) < 4.78 is 0. The monoisotopic (exact) mass is 798 g/mol. The molecule has 0 unspecified atom stereocenters. The lowest BCUT2D eigenvalue weighted by atomic mass is 10.1. The van der Waals surface area contributed by atoms with Gasteiger partial charge in [0, 0.05) is 51.1 Å². The number of hydrogen-bond acceptors (Lipinski definition) is 10. The van der Waals surface area contributed by atoms with Crippen LogP contribution >= 0.6 is 0 Å². The van der Waals surface area contributed by atoms with Crippen LogP contribution in [0.1, 0.15) is 73.1 Å². The van der Waals surface area contributed by atoms with Crippen LogP contribution in [-0.4, -0.2) is 132 Å². The number of rotatable bonds is 16. The van der Waals surface area contributed by atoms with Gasteiger partial charge in [0.25, 0.3) is 11.8 Å². The average Bonchev–Trinajstić information content (AvgIpc) is 3.91. The topological polar surface area (TPSA) is 222 Å². The molecular weight excluding hydrogens is 745 g/mol. The summed E-state index contributed by atoms with van der Waals surface area (Å²) in [7, 11) is 3.25. The largest absolute Gasteiger partial charge is 0.507 e. The van der Waals surface area contributed by atoms with Crippen molar-refractivity contribution in [3.8, 4) is 35.2 Å².